The number of carboxylic acid groups (broad SMARTS) is 1. The van der Waals surface area contributed by atoms with Gasteiger partial charge in [-0.3, -0.25) is 9.59 Å². The fourth-order valence-electron chi connectivity index (χ4n) is 3.56. The molecule has 3 N–H and O–H groups in total. The van der Waals surface area contributed by atoms with Crippen molar-refractivity contribution in [2.24, 2.45) is 0 Å². The third kappa shape index (κ3) is 8.25. The molecule has 3 aromatic rings. The molecule has 0 saturated heterocycles. The largest absolute Gasteiger partial charge is 0.491 e. The molecule has 0 heterocycles. The summed E-state index contributed by atoms with van der Waals surface area (Å²) in [6.45, 7) is 0.870. The number of hydrogen-bond acceptors (Lipinski definition) is 5. The Morgan fingerprint density at radius 3 is 1.94 bits per heavy atom. The van der Waals surface area contributed by atoms with Crippen molar-refractivity contribution in [1.29, 1.82) is 0 Å². The van der Waals surface area contributed by atoms with Crippen LogP contribution in [0, 0.1) is 0 Å². The number of ether oxygens (including phenoxy) is 2. The molecule has 0 aromatic heterocycles. The van der Waals surface area contributed by atoms with E-state index in [1.54, 1.807) is 73.8 Å². The maximum atomic E-state index is 13.2. The Balaban J connectivity index is 1.75. The fourth-order valence-corrected chi connectivity index (χ4v) is 3.56. The molecule has 3 aromatic carbocycles. The molecule has 8 nitrogen and oxygen atoms in total. The minimum Gasteiger partial charge on any atom is -0.491 e. The van der Waals surface area contributed by atoms with Gasteiger partial charge >= 0.3 is 5.97 Å². The van der Waals surface area contributed by atoms with Crippen LogP contribution in [0.4, 0.5) is 0 Å². The lowest BCUT2D eigenvalue weighted by atomic mass is 10.0. The number of methoxy groups -OCH3 is 1. The van der Waals surface area contributed by atoms with Crippen LogP contribution in [-0.4, -0.2) is 55.3 Å². The van der Waals surface area contributed by atoms with Crippen molar-refractivity contribution in [3.05, 3.63) is 102 Å². The average molecular weight is 491 g/mol. The molecule has 0 aliphatic carbocycles. The smallest absolute Gasteiger partial charge is 0.326 e. The Morgan fingerprint density at radius 1 is 0.750 bits per heavy atom. The van der Waals surface area contributed by atoms with Gasteiger partial charge in [-0.15, -0.1) is 0 Å². The normalized spacial score (nSPS) is 12.2. The summed E-state index contributed by atoms with van der Waals surface area (Å²) in [4.78, 5) is 37.9. The van der Waals surface area contributed by atoms with E-state index in [1.165, 1.54) is 0 Å². The Bertz CT molecular complexity index is 1120. The molecule has 0 bridgehead atoms. The molecular formula is C28H30N2O6. The van der Waals surface area contributed by atoms with Gasteiger partial charge in [-0.1, -0.05) is 60.7 Å². The third-order valence-corrected chi connectivity index (χ3v) is 5.47. The lowest BCUT2D eigenvalue weighted by molar-refractivity contribution is -0.142. The van der Waals surface area contributed by atoms with Crippen LogP contribution < -0.4 is 15.4 Å². The van der Waals surface area contributed by atoms with Crippen molar-refractivity contribution in [2.45, 2.75) is 24.9 Å². The molecule has 36 heavy (non-hydrogen) atoms. The average Bonchev–Trinajstić information content (AvgIpc) is 2.90. The standard InChI is InChI=1S/C28H30N2O6/c1-35-16-17-36-23-14-12-21(13-15-23)18-24(29-26(31)22-10-6-3-7-11-22)27(32)30-25(28(33)34)19-20-8-4-2-5-9-20/h2-15,24-25H,16-19H2,1H3,(H,29,31)(H,30,32)(H,33,34)/t24-,25+/m1/s1. The van der Waals surface area contributed by atoms with Crippen molar-refractivity contribution in [3.63, 3.8) is 0 Å². The van der Waals surface area contributed by atoms with Gasteiger partial charge in [0.1, 0.15) is 24.4 Å². The Labute approximate surface area is 210 Å². The molecule has 2 atom stereocenters. The lowest BCUT2D eigenvalue weighted by Gasteiger charge is -2.22. The Morgan fingerprint density at radius 2 is 1.33 bits per heavy atom. The van der Waals surface area contributed by atoms with Gasteiger partial charge < -0.3 is 25.2 Å². The van der Waals surface area contributed by atoms with Crippen LogP contribution in [0.25, 0.3) is 0 Å². The molecular weight excluding hydrogens is 460 g/mol. The first-order chi connectivity index (χ1) is 17.5. The zero-order valence-electron chi connectivity index (χ0n) is 20.1. The van der Waals surface area contributed by atoms with Crippen molar-refractivity contribution in [2.75, 3.05) is 20.3 Å². The van der Waals surface area contributed by atoms with E-state index in [0.717, 1.165) is 11.1 Å². The number of carboxylic acids is 1. The fraction of sp³-hybridized carbons (Fsp3) is 0.250. The molecule has 0 aliphatic rings. The Kier molecular flexibility index (Phi) is 10.0. The number of rotatable bonds is 13. The van der Waals surface area contributed by atoms with Gasteiger partial charge in [-0.2, -0.15) is 0 Å². The number of aliphatic carboxylic acids is 1. The second-order valence-electron chi connectivity index (χ2n) is 8.17. The van der Waals surface area contributed by atoms with E-state index in [-0.39, 0.29) is 12.8 Å². The first-order valence-electron chi connectivity index (χ1n) is 11.6. The first kappa shape index (κ1) is 26.4. The number of amides is 2. The highest BCUT2D eigenvalue weighted by molar-refractivity contribution is 5.98. The highest BCUT2D eigenvalue weighted by atomic mass is 16.5. The van der Waals surface area contributed by atoms with Crippen LogP contribution in [0.2, 0.25) is 0 Å². The van der Waals surface area contributed by atoms with Gasteiger partial charge in [0.2, 0.25) is 5.91 Å². The first-order valence-corrected chi connectivity index (χ1v) is 11.6. The highest BCUT2D eigenvalue weighted by Gasteiger charge is 2.27. The summed E-state index contributed by atoms with van der Waals surface area (Å²) in [7, 11) is 1.59. The summed E-state index contributed by atoms with van der Waals surface area (Å²) in [6.07, 6.45) is 0.287. The maximum absolute atomic E-state index is 13.2. The number of hydrogen-bond donors (Lipinski definition) is 3. The van der Waals surface area contributed by atoms with E-state index in [4.69, 9.17) is 9.47 Å². The summed E-state index contributed by atoms with van der Waals surface area (Å²) in [5, 5.41) is 15.1. The van der Waals surface area contributed by atoms with Gasteiger partial charge in [0.25, 0.3) is 5.91 Å². The molecule has 0 aliphatic heterocycles. The second kappa shape index (κ2) is 13.7. The quantitative estimate of drug-likeness (QED) is 0.318. The summed E-state index contributed by atoms with van der Waals surface area (Å²) in [5.41, 5.74) is 1.95. The van der Waals surface area contributed by atoms with E-state index in [1.807, 2.05) is 18.2 Å². The number of carbonyl (C=O) groups excluding carboxylic acids is 2. The molecule has 8 heteroatoms. The van der Waals surface area contributed by atoms with Crippen molar-refractivity contribution >= 4 is 17.8 Å². The number of benzene rings is 3. The zero-order chi connectivity index (χ0) is 25.8. The summed E-state index contributed by atoms with van der Waals surface area (Å²) in [5.74, 6) is -1.51. The molecule has 0 fully saturated rings. The topological polar surface area (TPSA) is 114 Å². The van der Waals surface area contributed by atoms with E-state index < -0.39 is 29.9 Å². The van der Waals surface area contributed by atoms with Crippen LogP contribution in [0.1, 0.15) is 21.5 Å². The van der Waals surface area contributed by atoms with E-state index >= 15 is 0 Å². The van der Waals surface area contributed by atoms with Crippen LogP contribution in [0.15, 0.2) is 84.9 Å². The van der Waals surface area contributed by atoms with Crippen molar-refractivity contribution < 1.29 is 29.0 Å². The van der Waals surface area contributed by atoms with Gasteiger partial charge in [0, 0.05) is 25.5 Å². The summed E-state index contributed by atoms with van der Waals surface area (Å²) < 4.78 is 10.5. The monoisotopic (exact) mass is 490 g/mol. The molecule has 3 rings (SSSR count). The highest BCUT2D eigenvalue weighted by Crippen LogP contribution is 2.14. The predicted molar refractivity (Wildman–Crippen MR) is 135 cm³/mol. The van der Waals surface area contributed by atoms with Crippen molar-refractivity contribution in [3.8, 4) is 5.75 Å². The van der Waals surface area contributed by atoms with Crippen LogP contribution in [0.5, 0.6) is 5.75 Å². The molecule has 0 saturated carbocycles. The van der Waals surface area contributed by atoms with E-state index in [0.29, 0.717) is 24.5 Å². The number of carbonyl (C=O) groups is 3. The minimum absolute atomic E-state index is 0.120. The minimum atomic E-state index is -1.15. The van der Waals surface area contributed by atoms with Gasteiger partial charge in [-0.25, -0.2) is 4.79 Å². The molecule has 0 radical (unpaired) electrons. The van der Waals surface area contributed by atoms with Gasteiger partial charge in [0.05, 0.1) is 6.61 Å². The summed E-state index contributed by atoms with van der Waals surface area (Å²) >= 11 is 0. The molecule has 188 valence electrons. The van der Waals surface area contributed by atoms with E-state index in [2.05, 4.69) is 10.6 Å². The maximum Gasteiger partial charge on any atom is 0.326 e. The van der Waals surface area contributed by atoms with E-state index in [9.17, 15) is 19.5 Å². The van der Waals surface area contributed by atoms with Crippen LogP contribution in [-0.2, 0) is 27.2 Å². The Hall–Kier alpha value is -4.17. The van der Waals surface area contributed by atoms with Crippen molar-refractivity contribution in [1.82, 2.24) is 10.6 Å². The van der Waals surface area contributed by atoms with Gasteiger partial charge in [0.15, 0.2) is 0 Å². The third-order valence-electron chi connectivity index (χ3n) is 5.47. The molecule has 0 unspecified atom stereocenters. The predicted octanol–water partition coefficient (Wildman–Crippen LogP) is 2.87. The second-order valence-corrected chi connectivity index (χ2v) is 8.17. The molecule has 2 amide bonds. The van der Waals surface area contributed by atoms with Gasteiger partial charge in [-0.05, 0) is 35.4 Å². The zero-order valence-corrected chi connectivity index (χ0v) is 20.1. The lowest BCUT2D eigenvalue weighted by Crippen LogP contribution is -2.53. The van der Waals surface area contributed by atoms with Crippen LogP contribution >= 0.6 is 0 Å². The molecule has 0 spiro atoms. The SMILES string of the molecule is COCCOc1ccc(C[C@@H](NC(=O)c2ccccc2)C(=O)N[C@@H](Cc2ccccc2)C(=O)O)cc1. The summed E-state index contributed by atoms with van der Waals surface area (Å²) in [6, 6.07) is 22.6. The van der Waals surface area contributed by atoms with Crippen LogP contribution in [0.3, 0.4) is 0 Å². The number of nitrogens with one attached hydrogen (secondary N) is 2.